The van der Waals surface area contributed by atoms with Crippen LogP contribution in [0.3, 0.4) is 0 Å². The van der Waals surface area contributed by atoms with Crippen molar-refractivity contribution in [3.8, 4) is 0 Å². The molecule has 0 bridgehead atoms. The van der Waals surface area contributed by atoms with Crippen molar-refractivity contribution in [2.45, 2.75) is 25.8 Å². The molecule has 0 spiro atoms. The summed E-state index contributed by atoms with van der Waals surface area (Å²) >= 11 is 0. The second-order valence-corrected chi connectivity index (χ2v) is 6.12. The molecule has 0 radical (unpaired) electrons. The predicted octanol–water partition coefficient (Wildman–Crippen LogP) is 3.37. The Morgan fingerprint density at radius 1 is 1.26 bits per heavy atom. The van der Waals surface area contributed by atoms with E-state index in [0.29, 0.717) is 25.6 Å². The molecule has 1 amide bonds. The summed E-state index contributed by atoms with van der Waals surface area (Å²) in [5, 5.41) is 0. The fourth-order valence-electron chi connectivity index (χ4n) is 3.00. The van der Waals surface area contributed by atoms with Gasteiger partial charge in [0.2, 0.25) is 5.91 Å². The standard InChI is InChI=1S/C19H23NO3/c1-14-8-9-16(23-14)13-20(10-11-22-2)19(21)18-12-17(18)15-6-4-3-5-7-15/h3-9,17-18H,10-13H2,1-2H3. The fourth-order valence-corrected chi connectivity index (χ4v) is 3.00. The minimum Gasteiger partial charge on any atom is -0.464 e. The molecule has 4 nitrogen and oxygen atoms in total. The lowest BCUT2D eigenvalue weighted by molar-refractivity contribution is -0.134. The molecule has 122 valence electrons. The maximum Gasteiger partial charge on any atom is 0.226 e. The van der Waals surface area contributed by atoms with Gasteiger partial charge in [-0.3, -0.25) is 4.79 Å². The van der Waals surface area contributed by atoms with E-state index in [1.54, 1.807) is 7.11 Å². The van der Waals surface area contributed by atoms with Gasteiger partial charge in [0.25, 0.3) is 0 Å². The Morgan fingerprint density at radius 2 is 2.04 bits per heavy atom. The third-order valence-electron chi connectivity index (χ3n) is 4.36. The molecule has 2 aromatic rings. The Balaban J connectivity index is 1.66. The number of carbonyl (C=O) groups excluding carboxylic acids is 1. The van der Waals surface area contributed by atoms with Gasteiger partial charge in [0.05, 0.1) is 13.2 Å². The molecule has 2 atom stereocenters. The van der Waals surface area contributed by atoms with Crippen LogP contribution in [0.1, 0.15) is 29.4 Å². The molecule has 0 N–H and O–H groups in total. The van der Waals surface area contributed by atoms with Crippen molar-refractivity contribution >= 4 is 5.91 Å². The summed E-state index contributed by atoms with van der Waals surface area (Å²) in [6.45, 7) is 3.55. The van der Waals surface area contributed by atoms with Crippen molar-refractivity contribution in [3.63, 3.8) is 0 Å². The van der Waals surface area contributed by atoms with Gasteiger partial charge in [-0.05, 0) is 37.0 Å². The van der Waals surface area contributed by atoms with Crippen molar-refractivity contribution in [1.29, 1.82) is 0 Å². The number of aryl methyl sites for hydroxylation is 1. The van der Waals surface area contributed by atoms with Crippen LogP contribution in [0.5, 0.6) is 0 Å². The third kappa shape index (κ3) is 3.82. The summed E-state index contributed by atoms with van der Waals surface area (Å²) < 4.78 is 10.8. The summed E-state index contributed by atoms with van der Waals surface area (Å²) in [7, 11) is 1.66. The zero-order valence-electron chi connectivity index (χ0n) is 13.7. The minimum absolute atomic E-state index is 0.0883. The van der Waals surface area contributed by atoms with Crippen LogP contribution in [-0.4, -0.2) is 31.1 Å². The van der Waals surface area contributed by atoms with Gasteiger partial charge in [0.1, 0.15) is 11.5 Å². The Bertz CT molecular complexity index is 650. The maximum absolute atomic E-state index is 12.8. The van der Waals surface area contributed by atoms with Gasteiger partial charge in [-0.25, -0.2) is 0 Å². The van der Waals surface area contributed by atoms with Crippen LogP contribution >= 0.6 is 0 Å². The van der Waals surface area contributed by atoms with Crippen molar-refractivity contribution < 1.29 is 13.9 Å². The smallest absolute Gasteiger partial charge is 0.226 e. The van der Waals surface area contributed by atoms with Crippen LogP contribution in [0.25, 0.3) is 0 Å². The molecule has 1 aromatic carbocycles. The van der Waals surface area contributed by atoms with E-state index in [4.69, 9.17) is 9.15 Å². The number of hydrogen-bond acceptors (Lipinski definition) is 3. The number of benzene rings is 1. The molecule has 1 fully saturated rings. The lowest BCUT2D eigenvalue weighted by Crippen LogP contribution is -2.34. The summed E-state index contributed by atoms with van der Waals surface area (Å²) in [4.78, 5) is 14.7. The molecule has 1 saturated carbocycles. The van der Waals surface area contributed by atoms with Gasteiger partial charge >= 0.3 is 0 Å². The number of nitrogens with zero attached hydrogens (tertiary/aromatic N) is 1. The molecule has 4 heteroatoms. The molecule has 23 heavy (non-hydrogen) atoms. The highest BCUT2D eigenvalue weighted by Gasteiger charge is 2.45. The van der Waals surface area contributed by atoms with Crippen molar-refractivity contribution in [1.82, 2.24) is 4.90 Å². The highest BCUT2D eigenvalue weighted by Crippen LogP contribution is 2.48. The first-order valence-electron chi connectivity index (χ1n) is 8.07. The van der Waals surface area contributed by atoms with Crippen LogP contribution in [0.4, 0.5) is 0 Å². The Morgan fingerprint density at radius 3 is 2.70 bits per heavy atom. The minimum atomic E-state index is 0.0883. The van der Waals surface area contributed by atoms with Gasteiger partial charge in [0, 0.05) is 19.6 Å². The zero-order valence-corrected chi connectivity index (χ0v) is 13.7. The summed E-state index contributed by atoms with van der Waals surface area (Å²) in [5.74, 6) is 2.33. The quantitative estimate of drug-likeness (QED) is 0.787. The van der Waals surface area contributed by atoms with Crippen LogP contribution in [0, 0.1) is 12.8 Å². The molecule has 0 aliphatic heterocycles. The van der Waals surface area contributed by atoms with E-state index in [-0.39, 0.29) is 11.8 Å². The average Bonchev–Trinajstić information content (AvgIpc) is 3.27. The zero-order chi connectivity index (χ0) is 16.2. The number of ether oxygens (including phenoxy) is 1. The average molecular weight is 313 g/mol. The number of amides is 1. The first-order valence-corrected chi connectivity index (χ1v) is 8.07. The van der Waals surface area contributed by atoms with E-state index >= 15 is 0 Å². The molecule has 2 unspecified atom stereocenters. The van der Waals surface area contributed by atoms with Crippen LogP contribution < -0.4 is 0 Å². The second-order valence-electron chi connectivity index (χ2n) is 6.12. The fraction of sp³-hybridized carbons (Fsp3) is 0.421. The van der Waals surface area contributed by atoms with Gasteiger partial charge in [-0.1, -0.05) is 30.3 Å². The highest BCUT2D eigenvalue weighted by atomic mass is 16.5. The normalized spacial score (nSPS) is 19.6. The molecule has 0 saturated heterocycles. The first-order chi connectivity index (χ1) is 11.2. The number of furan rings is 1. The Kier molecular flexibility index (Phi) is 4.82. The lowest BCUT2D eigenvalue weighted by Gasteiger charge is -2.21. The van der Waals surface area contributed by atoms with Crippen LogP contribution in [0.2, 0.25) is 0 Å². The number of hydrogen-bond donors (Lipinski definition) is 0. The largest absolute Gasteiger partial charge is 0.464 e. The van der Waals surface area contributed by atoms with Gasteiger partial charge in [0.15, 0.2) is 0 Å². The van der Waals surface area contributed by atoms with Crippen LogP contribution in [-0.2, 0) is 16.1 Å². The van der Waals surface area contributed by atoms with E-state index in [1.165, 1.54) is 5.56 Å². The summed E-state index contributed by atoms with van der Waals surface area (Å²) in [6.07, 6.45) is 0.934. The molecule has 3 rings (SSSR count). The third-order valence-corrected chi connectivity index (χ3v) is 4.36. The first kappa shape index (κ1) is 15.8. The van der Waals surface area contributed by atoms with Crippen molar-refractivity contribution in [2.24, 2.45) is 5.92 Å². The number of carbonyl (C=O) groups is 1. The van der Waals surface area contributed by atoms with Crippen molar-refractivity contribution in [2.75, 3.05) is 20.3 Å². The lowest BCUT2D eigenvalue weighted by atomic mass is 10.1. The Labute approximate surface area is 137 Å². The number of methoxy groups -OCH3 is 1. The van der Waals surface area contributed by atoms with E-state index < -0.39 is 0 Å². The van der Waals surface area contributed by atoms with Crippen molar-refractivity contribution in [3.05, 3.63) is 59.5 Å². The molecule has 1 aliphatic rings. The van der Waals surface area contributed by atoms with E-state index in [2.05, 4.69) is 12.1 Å². The molecular weight excluding hydrogens is 290 g/mol. The Hall–Kier alpha value is -2.07. The second kappa shape index (κ2) is 7.01. The summed E-state index contributed by atoms with van der Waals surface area (Å²) in [5.41, 5.74) is 1.26. The van der Waals surface area contributed by atoms with E-state index in [1.807, 2.05) is 42.2 Å². The molecular formula is C19H23NO3. The van der Waals surface area contributed by atoms with Gasteiger partial charge in [-0.15, -0.1) is 0 Å². The monoisotopic (exact) mass is 313 g/mol. The number of rotatable bonds is 7. The van der Waals surface area contributed by atoms with Gasteiger partial charge in [-0.2, -0.15) is 0 Å². The molecule has 1 heterocycles. The van der Waals surface area contributed by atoms with E-state index in [9.17, 15) is 4.79 Å². The van der Waals surface area contributed by atoms with E-state index in [0.717, 1.165) is 17.9 Å². The highest BCUT2D eigenvalue weighted by molar-refractivity contribution is 5.83. The molecule has 1 aromatic heterocycles. The predicted molar refractivity (Wildman–Crippen MR) is 88.0 cm³/mol. The SMILES string of the molecule is COCCN(Cc1ccc(C)o1)C(=O)C1CC1c1ccccc1. The topological polar surface area (TPSA) is 42.7 Å². The summed E-state index contributed by atoms with van der Waals surface area (Å²) in [6, 6.07) is 14.1. The molecule has 1 aliphatic carbocycles. The maximum atomic E-state index is 12.8. The van der Waals surface area contributed by atoms with Crippen LogP contribution in [0.15, 0.2) is 46.9 Å². The van der Waals surface area contributed by atoms with Gasteiger partial charge < -0.3 is 14.1 Å².